The fraction of sp³-hybridized carbons (Fsp3) is 0.600. The lowest BCUT2D eigenvalue weighted by molar-refractivity contribution is -0.151. The summed E-state index contributed by atoms with van der Waals surface area (Å²) in [6, 6.07) is 10.2. The molecule has 0 radical (unpaired) electrons. The van der Waals surface area contributed by atoms with E-state index in [0.29, 0.717) is 18.8 Å². The van der Waals surface area contributed by atoms with Gasteiger partial charge in [-0.05, 0) is 37.2 Å². The summed E-state index contributed by atoms with van der Waals surface area (Å²) in [5.41, 5.74) is 7.31. The minimum atomic E-state index is -0.533. The van der Waals surface area contributed by atoms with Gasteiger partial charge in [-0.3, -0.25) is 9.59 Å². The Morgan fingerprint density at radius 3 is 2.48 bits per heavy atom. The van der Waals surface area contributed by atoms with E-state index < -0.39 is 5.54 Å². The molecule has 1 saturated carbocycles. The highest BCUT2D eigenvalue weighted by Gasteiger charge is 2.50. The first-order chi connectivity index (χ1) is 11.9. The van der Waals surface area contributed by atoms with Crippen LogP contribution < -0.4 is 11.1 Å². The highest BCUT2D eigenvalue weighted by molar-refractivity contribution is 5.75. The molecule has 0 aliphatic heterocycles. The van der Waals surface area contributed by atoms with Crippen LogP contribution in [0.1, 0.15) is 45.1 Å². The topological polar surface area (TPSA) is 81.4 Å². The van der Waals surface area contributed by atoms with E-state index in [9.17, 15) is 9.59 Å². The Morgan fingerprint density at radius 2 is 1.96 bits per heavy atom. The summed E-state index contributed by atoms with van der Waals surface area (Å²) in [5.74, 6) is -0.0119. The van der Waals surface area contributed by atoms with Crippen molar-refractivity contribution in [3.05, 3.63) is 35.9 Å². The summed E-state index contributed by atoms with van der Waals surface area (Å²) in [5, 5.41) is 3.03. The molecule has 0 saturated heterocycles. The van der Waals surface area contributed by atoms with Gasteiger partial charge in [0.1, 0.15) is 0 Å². The lowest BCUT2D eigenvalue weighted by atomic mass is 9.63. The minimum Gasteiger partial charge on any atom is -0.469 e. The highest BCUT2D eigenvalue weighted by Crippen LogP contribution is 2.41. The van der Waals surface area contributed by atoms with Crippen molar-refractivity contribution in [3.63, 3.8) is 0 Å². The molecule has 3 N–H and O–H groups in total. The molecule has 5 nitrogen and oxygen atoms in total. The number of methoxy groups -OCH3 is 1. The lowest BCUT2D eigenvalue weighted by Gasteiger charge is -2.49. The molecule has 2 rings (SSSR count). The Labute approximate surface area is 150 Å². The maximum atomic E-state index is 11.7. The van der Waals surface area contributed by atoms with Crippen LogP contribution in [0.5, 0.6) is 0 Å². The Morgan fingerprint density at radius 1 is 1.32 bits per heavy atom. The number of amides is 1. The summed E-state index contributed by atoms with van der Waals surface area (Å²) in [6.07, 6.45) is 3.92. The van der Waals surface area contributed by atoms with Crippen molar-refractivity contribution in [2.75, 3.05) is 7.11 Å². The van der Waals surface area contributed by atoms with E-state index in [4.69, 9.17) is 10.5 Å². The van der Waals surface area contributed by atoms with Crippen LogP contribution in [0.15, 0.2) is 30.3 Å². The van der Waals surface area contributed by atoms with E-state index in [1.54, 1.807) is 0 Å². The molecule has 0 heterocycles. The molecule has 1 aromatic carbocycles. The van der Waals surface area contributed by atoms with Gasteiger partial charge in [-0.25, -0.2) is 0 Å². The number of rotatable bonds is 8. The summed E-state index contributed by atoms with van der Waals surface area (Å²) < 4.78 is 4.81. The molecule has 0 spiro atoms. The molecule has 1 aliphatic carbocycles. The molecular weight excluding hydrogens is 316 g/mol. The molecule has 1 amide bonds. The van der Waals surface area contributed by atoms with Gasteiger partial charge in [-0.2, -0.15) is 0 Å². The molecule has 0 bridgehead atoms. The normalized spacial score (nSPS) is 24.7. The second-order valence-corrected chi connectivity index (χ2v) is 7.31. The van der Waals surface area contributed by atoms with Crippen molar-refractivity contribution in [1.82, 2.24) is 5.32 Å². The van der Waals surface area contributed by atoms with Crippen LogP contribution in [0.2, 0.25) is 0 Å². The molecule has 25 heavy (non-hydrogen) atoms. The van der Waals surface area contributed by atoms with Crippen LogP contribution in [-0.2, 0) is 20.7 Å². The number of esters is 1. The smallest absolute Gasteiger partial charge is 0.308 e. The number of nitrogens with two attached hydrogens (primary N) is 1. The number of ether oxygens (including phenoxy) is 1. The van der Waals surface area contributed by atoms with E-state index in [-0.39, 0.29) is 23.8 Å². The number of benzene rings is 1. The lowest BCUT2D eigenvalue weighted by Crippen LogP contribution is -2.66. The quantitative estimate of drug-likeness (QED) is 0.708. The van der Waals surface area contributed by atoms with Crippen LogP contribution in [0.3, 0.4) is 0 Å². The van der Waals surface area contributed by atoms with Gasteiger partial charge in [0.2, 0.25) is 5.91 Å². The maximum absolute atomic E-state index is 11.7. The molecule has 0 aromatic heterocycles. The van der Waals surface area contributed by atoms with Gasteiger partial charge >= 0.3 is 5.97 Å². The van der Waals surface area contributed by atoms with Crippen molar-refractivity contribution in [2.45, 2.75) is 57.5 Å². The summed E-state index contributed by atoms with van der Waals surface area (Å²) in [4.78, 5) is 23.4. The summed E-state index contributed by atoms with van der Waals surface area (Å²) in [6.45, 7) is 3.69. The van der Waals surface area contributed by atoms with Crippen molar-refractivity contribution in [2.24, 2.45) is 17.6 Å². The van der Waals surface area contributed by atoms with Crippen LogP contribution >= 0.6 is 0 Å². The number of carbonyl (C=O) groups excluding carboxylic acids is 2. The Balaban J connectivity index is 2.04. The Bertz CT molecular complexity index is 582. The third-order valence-electron chi connectivity index (χ3n) is 5.37. The van der Waals surface area contributed by atoms with E-state index in [1.165, 1.54) is 19.6 Å². The average molecular weight is 346 g/mol. The largest absolute Gasteiger partial charge is 0.469 e. The molecule has 138 valence electrons. The van der Waals surface area contributed by atoms with Crippen LogP contribution in [0.4, 0.5) is 0 Å². The third kappa shape index (κ3) is 5.05. The van der Waals surface area contributed by atoms with Gasteiger partial charge in [0.05, 0.1) is 13.0 Å². The van der Waals surface area contributed by atoms with Crippen LogP contribution in [-0.4, -0.2) is 30.6 Å². The van der Waals surface area contributed by atoms with Crippen molar-refractivity contribution in [3.8, 4) is 0 Å². The van der Waals surface area contributed by atoms with Crippen LogP contribution in [0.25, 0.3) is 0 Å². The van der Waals surface area contributed by atoms with Crippen LogP contribution in [0, 0.1) is 11.8 Å². The van der Waals surface area contributed by atoms with Gasteiger partial charge < -0.3 is 15.8 Å². The molecule has 1 fully saturated rings. The fourth-order valence-corrected chi connectivity index (χ4v) is 3.83. The van der Waals surface area contributed by atoms with Crippen molar-refractivity contribution in [1.29, 1.82) is 0 Å². The number of carbonyl (C=O) groups is 2. The van der Waals surface area contributed by atoms with E-state index >= 15 is 0 Å². The minimum absolute atomic E-state index is 0.0779. The van der Waals surface area contributed by atoms with Gasteiger partial charge in [0, 0.05) is 18.5 Å². The fourth-order valence-electron chi connectivity index (χ4n) is 3.83. The first-order valence-electron chi connectivity index (χ1n) is 9.05. The number of nitrogens with one attached hydrogen (secondary N) is 1. The molecule has 5 heteroatoms. The predicted molar refractivity (Wildman–Crippen MR) is 97.8 cm³/mol. The first-order valence-corrected chi connectivity index (χ1v) is 9.05. The zero-order valence-electron chi connectivity index (χ0n) is 15.5. The molecule has 2 atom stereocenters. The zero-order chi connectivity index (χ0) is 18.4. The van der Waals surface area contributed by atoms with Gasteiger partial charge in [0.25, 0.3) is 0 Å². The second kappa shape index (κ2) is 8.48. The van der Waals surface area contributed by atoms with E-state index in [1.807, 2.05) is 18.2 Å². The zero-order valence-corrected chi connectivity index (χ0v) is 15.5. The predicted octanol–water partition coefficient (Wildman–Crippen LogP) is 2.43. The third-order valence-corrected chi connectivity index (χ3v) is 5.37. The first kappa shape index (κ1) is 19.4. The standard InChI is InChI=1S/C20H30N2O3/c1-4-15(10-16-8-6-5-7-9-16)11-18(22-14(2)23)20(21)12-17(13-20)19(24)25-3/h5-9,15,17-18H,4,10-13,21H2,1-3H3,(H,22,23). The van der Waals surface area contributed by atoms with E-state index in [2.05, 4.69) is 24.4 Å². The Hall–Kier alpha value is -1.88. The monoisotopic (exact) mass is 346 g/mol. The van der Waals surface area contributed by atoms with Gasteiger partial charge in [0.15, 0.2) is 0 Å². The average Bonchev–Trinajstić information content (AvgIpc) is 2.57. The molecular formula is C20H30N2O3. The molecule has 1 aromatic rings. The van der Waals surface area contributed by atoms with Crippen molar-refractivity contribution >= 4 is 11.9 Å². The highest BCUT2D eigenvalue weighted by atomic mass is 16.5. The van der Waals surface area contributed by atoms with Gasteiger partial charge in [-0.1, -0.05) is 43.7 Å². The summed E-state index contributed by atoms with van der Waals surface area (Å²) >= 11 is 0. The van der Waals surface area contributed by atoms with Gasteiger partial charge in [-0.15, -0.1) is 0 Å². The summed E-state index contributed by atoms with van der Waals surface area (Å²) in [7, 11) is 1.40. The maximum Gasteiger partial charge on any atom is 0.308 e. The SMILES string of the molecule is CCC(Cc1ccccc1)CC(NC(C)=O)C1(N)CC(C(=O)OC)C1. The van der Waals surface area contributed by atoms with E-state index in [0.717, 1.165) is 19.3 Å². The molecule has 2 unspecified atom stereocenters. The number of hydrogen-bond acceptors (Lipinski definition) is 4. The van der Waals surface area contributed by atoms with Crippen molar-refractivity contribution < 1.29 is 14.3 Å². The molecule has 1 aliphatic rings. The number of hydrogen-bond donors (Lipinski definition) is 2. The second-order valence-electron chi connectivity index (χ2n) is 7.31. The Kier molecular flexibility index (Phi) is 6.59.